The summed E-state index contributed by atoms with van der Waals surface area (Å²) in [4.78, 5) is 11.8. The van der Waals surface area contributed by atoms with Gasteiger partial charge in [-0.1, -0.05) is 30.3 Å². The fourth-order valence-corrected chi connectivity index (χ4v) is 2.52. The molecule has 0 aliphatic rings. The van der Waals surface area contributed by atoms with E-state index in [1.54, 1.807) is 6.07 Å². The van der Waals surface area contributed by atoms with Crippen LogP contribution in [0, 0.1) is 0 Å². The Labute approximate surface area is 136 Å². The van der Waals surface area contributed by atoms with Gasteiger partial charge in [0.15, 0.2) is 0 Å². The Hall–Kier alpha value is -2.49. The van der Waals surface area contributed by atoms with Crippen molar-refractivity contribution in [1.82, 2.24) is 0 Å². The van der Waals surface area contributed by atoms with Crippen LogP contribution >= 0.6 is 0 Å². The third kappa shape index (κ3) is 4.49. The summed E-state index contributed by atoms with van der Waals surface area (Å²) in [6, 6.07) is 14.8. The molecule has 122 valence electrons. The maximum Gasteiger partial charge on any atom is 0.311 e. The van der Waals surface area contributed by atoms with E-state index in [0.717, 1.165) is 16.9 Å². The van der Waals surface area contributed by atoms with Crippen molar-refractivity contribution in [2.24, 2.45) is 0 Å². The maximum absolute atomic E-state index is 11.8. The molecular weight excluding hydrogens is 292 g/mol. The first kappa shape index (κ1) is 16.9. The normalized spacial score (nSPS) is 11.7. The van der Waals surface area contributed by atoms with Crippen LogP contribution < -0.4 is 9.47 Å². The molecule has 0 aromatic heterocycles. The number of carboxylic acid groups (broad SMARTS) is 1. The van der Waals surface area contributed by atoms with Gasteiger partial charge in [-0.25, -0.2) is 0 Å². The lowest BCUT2D eigenvalue weighted by Crippen LogP contribution is -2.15. The number of aliphatic carboxylic acids is 1. The van der Waals surface area contributed by atoms with Crippen molar-refractivity contribution in [1.29, 1.82) is 0 Å². The van der Waals surface area contributed by atoms with Crippen LogP contribution in [-0.4, -0.2) is 24.3 Å². The SMILES string of the molecule is CCOc1cccc(C(Cc2ccccc2OCC)C(=O)O)c1. The van der Waals surface area contributed by atoms with Crippen LogP contribution in [0.15, 0.2) is 48.5 Å². The molecule has 0 fully saturated rings. The van der Waals surface area contributed by atoms with Gasteiger partial charge in [-0.2, -0.15) is 0 Å². The summed E-state index contributed by atoms with van der Waals surface area (Å²) < 4.78 is 11.1. The molecule has 1 atom stereocenters. The Morgan fingerprint density at radius 3 is 2.48 bits per heavy atom. The number of hydrogen-bond acceptors (Lipinski definition) is 3. The average molecular weight is 314 g/mol. The standard InChI is InChI=1S/C19H22O4/c1-3-22-16-10-7-9-14(12-16)17(19(20)21)13-15-8-5-6-11-18(15)23-4-2/h5-12,17H,3-4,13H2,1-2H3,(H,20,21). The van der Waals surface area contributed by atoms with Gasteiger partial charge < -0.3 is 14.6 Å². The summed E-state index contributed by atoms with van der Waals surface area (Å²) in [5.41, 5.74) is 1.62. The van der Waals surface area contributed by atoms with Crippen molar-refractivity contribution in [3.8, 4) is 11.5 Å². The summed E-state index contributed by atoms with van der Waals surface area (Å²) in [7, 11) is 0. The Bertz CT molecular complexity index is 651. The van der Waals surface area contributed by atoms with Crippen molar-refractivity contribution in [2.45, 2.75) is 26.2 Å². The van der Waals surface area contributed by atoms with Crippen LogP contribution in [0.2, 0.25) is 0 Å². The van der Waals surface area contributed by atoms with Crippen LogP contribution in [0.1, 0.15) is 30.9 Å². The van der Waals surface area contributed by atoms with Gasteiger partial charge in [0, 0.05) is 0 Å². The summed E-state index contributed by atoms with van der Waals surface area (Å²) in [6.07, 6.45) is 0.376. The highest BCUT2D eigenvalue weighted by Gasteiger charge is 2.22. The van der Waals surface area contributed by atoms with Crippen molar-refractivity contribution in [3.63, 3.8) is 0 Å². The summed E-state index contributed by atoms with van der Waals surface area (Å²) in [5, 5.41) is 9.65. The number of rotatable bonds is 8. The third-order valence-electron chi connectivity index (χ3n) is 3.57. The number of benzene rings is 2. The number of carboxylic acids is 1. The van der Waals surface area contributed by atoms with Gasteiger partial charge in [0.25, 0.3) is 0 Å². The van der Waals surface area contributed by atoms with Gasteiger partial charge in [0.05, 0.1) is 19.1 Å². The van der Waals surface area contributed by atoms with E-state index < -0.39 is 11.9 Å². The first-order valence-corrected chi connectivity index (χ1v) is 7.82. The minimum absolute atomic E-state index is 0.376. The van der Waals surface area contributed by atoms with Crippen molar-refractivity contribution in [3.05, 3.63) is 59.7 Å². The van der Waals surface area contributed by atoms with E-state index in [-0.39, 0.29) is 0 Å². The molecule has 1 unspecified atom stereocenters. The Morgan fingerprint density at radius 1 is 1.04 bits per heavy atom. The second-order valence-corrected chi connectivity index (χ2v) is 5.14. The van der Waals surface area contributed by atoms with Gasteiger partial charge in [-0.3, -0.25) is 4.79 Å². The lowest BCUT2D eigenvalue weighted by atomic mass is 9.91. The first-order chi connectivity index (χ1) is 11.2. The number of ether oxygens (including phenoxy) is 2. The lowest BCUT2D eigenvalue weighted by molar-refractivity contribution is -0.138. The number of carbonyl (C=O) groups is 1. The van der Waals surface area contributed by atoms with Gasteiger partial charge in [0.1, 0.15) is 11.5 Å². The zero-order chi connectivity index (χ0) is 16.7. The van der Waals surface area contributed by atoms with E-state index in [1.807, 2.05) is 56.3 Å². The molecule has 0 saturated heterocycles. The molecule has 2 rings (SSSR count). The molecule has 4 nitrogen and oxygen atoms in total. The van der Waals surface area contributed by atoms with Crippen molar-refractivity contribution in [2.75, 3.05) is 13.2 Å². The predicted molar refractivity (Wildman–Crippen MR) is 89.3 cm³/mol. The monoisotopic (exact) mass is 314 g/mol. The van der Waals surface area contributed by atoms with Crippen LogP contribution in [-0.2, 0) is 11.2 Å². The molecule has 2 aromatic rings. The molecule has 0 saturated carbocycles. The molecular formula is C19H22O4. The Balaban J connectivity index is 2.29. The van der Waals surface area contributed by atoms with E-state index in [4.69, 9.17) is 9.47 Å². The van der Waals surface area contributed by atoms with E-state index in [1.165, 1.54) is 0 Å². The second-order valence-electron chi connectivity index (χ2n) is 5.14. The van der Waals surface area contributed by atoms with Crippen molar-refractivity contribution < 1.29 is 19.4 Å². The molecule has 2 aromatic carbocycles. The zero-order valence-corrected chi connectivity index (χ0v) is 13.5. The molecule has 0 radical (unpaired) electrons. The predicted octanol–water partition coefficient (Wildman–Crippen LogP) is 3.89. The summed E-state index contributed by atoms with van der Waals surface area (Å²) in [5.74, 6) is -0.0708. The van der Waals surface area contributed by atoms with Crippen LogP contribution in [0.4, 0.5) is 0 Å². The quantitative estimate of drug-likeness (QED) is 0.803. The molecule has 0 bridgehead atoms. The van der Waals surface area contributed by atoms with Gasteiger partial charge in [-0.05, 0) is 49.6 Å². The van der Waals surface area contributed by atoms with Gasteiger partial charge >= 0.3 is 5.97 Å². The maximum atomic E-state index is 11.8. The number of para-hydroxylation sites is 1. The molecule has 0 aliphatic carbocycles. The fourth-order valence-electron chi connectivity index (χ4n) is 2.52. The summed E-state index contributed by atoms with van der Waals surface area (Å²) in [6.45, 7) is 4.92. The fraction of sp³-hybridized carbons (Fsp3) is 0.316. The van der Waals surface area contributed by atoms with Gasteiger partial charge in [-0.15, -0.1) is 0 Å². The highest BCUT2D eigenvalue weighted by Crippen LogP contribution is 2.28. The molecule has 23 heavy (non-hydrogen) atoms. The topological polar surface area (TPSA) is 55.8 Å². The van der Waals surface area contributed by atoms with E-state index >= 15 is 0 Å². The van der Waals surface area contributed by atoms with Crippen molar-refractivity contribution >= 4 is 5.97 Å². The first-order valence-electron chi connectivity index (χ1n) is 7.82. The largest absolute Gasteiger partial charge is 0.494 e. The summed E-state index contributed by atoms with van der Waals surface area (Å²) >= 11 is 0. The van der Waals surface area contributed by atoms with Crippen LogP contribution in [0.5, 0.6) is 11.5 Å². The molecule has 0 spiro atoms. The average Bonchev–Trinajstić information content (AvgIpc) is 2.54. The Kier molecular flexibility index (Phi) is 6.03. The highest BCUT2D eigenvalue weighted by molar-refractivity contribution is 5.77. The molecule has 0 aliphatic heterocycles. The van der Waals surface area contributed by atoms with Gasteiger partial charge in [0.2, 0.25) is 0 Å². The number of hydrogen-bond donors (Lipinski definition) is 1. The molecule has 4 heteroatoms. The highest BCUT2D eigenvalue weighted by atomic mass is 16.5. The lowest BCUT2D eigenvalue weighted by Gasteiger charge is -2.16. The van der Waals surface area contributed by atoms with E-state index in [0.29, 0.717) is 25.4 Å². The minimum Gasteiger partial charge on any atom is -0.494 e. The molecule has 0 heterocycles. The third-order valence-corrected chi connectivity index (χ3v) is 3.57. The second kappa shape index (κ2) is 8.22. The van der Waals surface area contributed by atoms with E-state index in [2.05, 4.69) is 0 Å². The minimum atomic E-state index is -0.857. The van der Waals surface area contributed by atoms with Crippen LogP contribution in [0.25, 0.3) is 0 Å². The molecule has 1 N–H and O–H groups in total. The molecule has 0 amide bonds. The zero-order valence-electron chi connectivity index (χ0n) is 13.5. The van der Waals surface area contributed by atoms with E-state index in [9.17, 15) is 9.90 Å². The van der Waals surface area contributed by atoms with Crippen LogP contribution in [0.3, 0.4) is 0 Å². The smallest absolute Gasteiger partial charge is 0.311 e. The Morgan fingerprint density at radius 2 is 1.78 bits per heavy atom.